The number of nitrogens with zero attached hydrogens (tertiary/aromatic N) is 1. The number of rotatable bonds is 2. The number of hydrogen-bond acceptors (Lipinski definition) is 3. The Morgan fingerprint density at radius 1 is 1.53 bits per heavy atom. The number of phenols is 1. The summed E-state index contributed by atoms with van der Waals surface area (Å²) in [5, 5.41) is 9.27. The van der Waals surface area contributed by atoms with Crippen LogP contribution in [-0.4, -0.2) is 35.1 Å². The van der Waals surface area contributed by atoms with Crippen LogP contribution in [0.15, 0.2) is 18.2 Å². The van der Waals surface area contributed by atoms with Crippen LogP contribution in [0.3, 0.4) is 0 Å². The van der Waals surface area contributed by atoms with Gasteiger partial charge in [-0.2, -0.15) is 0 Å². The fourth-order valence-corrected chi connectivity index (χ4v) is 1.66. The van der Waals surface area contributed by atoms with Crippen molar-refractivity contribution < 1.29 is 14.6 Å². The summed E-state index contributed by atoms with van der Waals surface area (Å²) < 4.78 is 5.35. The summed E-state index contributed by atoms with van der Waals surface area (Å²) in [6.07, 6.45) is 0. The summed E-state index contributed by atoms with van der Waals surface area (Å²) in [7, 11) is 0. The molecule has 80 valence electrons. The van der Waals surface area contributed by atoms with E-state index in [0.717, 1.165) is 0 Å². The molecule has 0 radical (unpaired) electrons. The predicted molar refractivity (Wildman–Crippen MR) is 55.4 cm³/mol. The fourth-order valence-electron chi connectivity index (χ4n) is 1.46. The number of carbonyl (C=O) groups excluding carboxylic acids is 1. The van der Waals surface area contributed by atoms with Crippen molar-refractivity contribution in [2.45, 2.75) is 0 Å². The lowest BCUT2D eigenvalue weighted by atomic mass is 10.1. The summed E-state index contributed by atoms with van der Waals surface area (Å²) in [6, 6.07) is 4.47. The van der Waals surface area contributed by atoms with Crippen LogP contribution in [0.5, 0.6) is 11.5 Å². The Morgan fingerprint density at radius 2 is 2.33 bits per heavy atom. The lowest BCUT2D eigenvalue weighted by molar-refractivity contribution is 0.0539. The van der Waals surface area contributed by atoms with E-state index in [4.69, 9.17) is 16.3 Å². The number of aromatic hydroxyl groups is 1. The molecule has 0 spiro atoms. The van der Waals surface area contributed by atoms with Crippen LogP contribution in [0.25, 0.3) is 0 Å². The second-order valence-electron chi connectivity index (χ2n) is 3.21. The molecule has 1 amide bonds. The molecule has 0 atom stereocenters. The Hall–Kier alpha value is -1.42. The van der Waals surface area contributed by atoms with Gasteiger partial charge in [-0.05, 0) is 18.2 Å². The lowest BCUT2D eigenvalue weighted by Gasteiger charge is -2.28. The Balaban J connectivity index is 2.32. The van der Waals surface area contributed by atoms with Crippen LogP contribution < -0.4 is 4.74 Å². The van der Waals surface area contributed by atoms with Gasteiger partial charge in [0, 0.05) is 12.4 Å². The third-order valence-electron chi connectivity index (χ3n) is 2.21. The smallest absolute Gasteiger partial charge is 0.260 e. The number of amides is 1. The van der Waals surface area contributed by atoms with Crippen molar-refractivity contribution in [3.63, 3.8) is 0 Å². The van der Waals surface area contributed by atoms with Gasteiger partial charge in [0.15, 0.2) is 6.73 Å². The van der Waals surface area contributed by atoms with Crippen LogP contribution in [0, 0.1) is 0 Å². The van der Waals surface area contributed by atoms with Crippen LogP contribution in [0.1, 0.15) is 10.4 Å². The highest BCUT2D eigenvalue weighted by Gasteiger charge is 2.25. The van der Waals surface area contributed by atoms with Crippen molar-refractivity contribution in [3.05, 3.63) is 23.8 Å². The third kappa shape index (κ3) is 1.85. The zero-order valence-corrected chi connectivity index (χ0v) is 8.70. The zero-order chi connectivity index (χ0) is 10.8. The average Bonchev–Trinajstić information content (AvgIpc) is 2.23. The van der Waals surface area contributed by atoms with Crippen LogP contribution in [0.4, 0.5) is 0 Å². The van der Waals surface area contributed by atoms with Gasteiger partial charge < -0.3 is 14.7 Å². The molecule has 1 heterocycles. The summed E-state index contributed by atoms with van der Waals surface area (Å²) in [6.45, 7) is 0.652. The van der Waals surface area contributed by atoms with E-state index in [2.05, 4.69) is 0 Å². The van der Waals surface area contributed by atoms with Gasteiger partial charge in [-0.25, -0.2) is 0 Å². The van der Waals surface area contributed by atoms with Gasteiger partial charge in [-0.15, -0.1) is 11.6 Å². The monoisotopic (exact) mass is 227 g/mol. The number of phenolic OH excluding ortho intramolecular Hbond substituents is 1. The van der Waals surface area contributed by atoms with Crippen molar-refractivity contribution >= 4 is 17.5 Å². The SMILES string of the molecule is O=C1c2cc(O)ccc2OCN1CCCl. The second kappa shape index (κ2) is 3.98. The van der Waals surface area contributed by atoms with Gasteiger partial charge in [0.25, 0.3) is 5.91 Å². The molecule has 5 heteroatoms. The Morgan fingerprint density at radius 3 is 3.07 bits per heavy atom. The summed E-state index contributed by atoms with van der Waals surface area (Å²) in [5.74, 6) is 0.762. The molecule has 0 saturated carbocycles. The maximum atomic E-state index is 11.8. The van der Waals surface area contributed by atoms with E-state index in [0.29, 0.717) is 23.7 Å². The van der Waals surface area contributed by atoms with Gasteiger partial charge in [0.2, 0.25) is 0 Å². The van der Waals surface area contributed by atoms with Gasteiger partial charge in [-0.1, -0.05) is 0 Å². The van der Waals surface area contributed by atoms with E-state index in [1.165, 1.54) is 17.0 Å². The summed E-state index contributed by atoms with van der Waals surface area (Å²) in [5.41, 5.74) is 0.381. The number of fused-ring (bicyclic) bond motifs is 1. The molecule has 1 aliphatic rings. The van der Waals surface area contributed by atoms with E-state index in [1.54, 1.807) is 6.07 Å². The molecule has 2 rings (SSSR count). The van der Waals surface area contributed by atoms with Crippen molar-refractivity contribution in [1.82, 2.24) is 4.90 Å². The molecule has 0 bridgehead atoms. The molecule has 0 aromatic heterocycles. The van der Waals surface area contributed by atoms with E-state index < -0.39 is 0 Å². The Bertz CT molecular complexity index is 394. The molecule has 0 aliphatic carbocycles. The minimum atomic E-state index is -0.159. The number of halogens is 1. The molecule has 1 N–H and O–H groups in total. The van der Waals surface area contributed by atoms with Crippen molar-refractivity contribution in [2.24, 2.45) is 0 Å². The minimum Gasteiger partial charge on any atom is -0.508 e. The highest BCUT2D eigenvalue weighted by atomic mass is 35.5. The first-order valence-corrected chi connectivity index (χ1v) is 5.07. The van der Waals surface area contributed by atoms with E-state index >= 15 is 0 Å². The normalized spacial score (nSPS) is 14.7. The fraction of sp³-hybridized carbons (Fsp3) is 0.300. The molecule has 15 heavy (non-hydrogen) atoms. The maximum absolute atomic E-state index is 11.8. The number of benzene rings is 1. The molecular weight excluding hydrogens is 218 g/mol. The number of alkyl halides is 1. The van der Waals surface area contributed by atoms with Crippen molar-refractivity contribution in [2.75, 3.05) is 19.2 Å². The molecular formula is C10H10ClNO3. The first kappa shape index (κ1) is 10.1. The number of ether oxygens (including phenoxy) is 1. The largest absolute Gasteiger partial charge is 0.508 e. The number of carbonyl (C=O) groups is 1. The average molecular weight is 228 g/mol. The summed E-state index contributed by atoms with van der Waals surface area (Å²) >= 11 is 5.56. The van der Waals surface area contributed by atoms with E-state index in [-0.39, 0.29) is 18.4 Å². The van der Waals surface area contributed by atoms with Crippen LogP contribution >= 0.6 is 11.6 Å². The first-order chi connectivity index (χ1) is 7.22. The molecule has 0 unspecified atom stereocenters. The molecule has 1 aliphatic heterocycles. The highest BCUT2D eigenvalue weighted by Crippen LogP contribution is 2.28. The maximum Gasteiger partial charge on any atom is 0.260 e. The van der Waals surface area contributed by atoms with Crippen molar-refractivity contribution in [1.29, 1.82) is 0 Å². The van der Waals surface area contributed by atoms with Gasteiger partial charge in [0.05, 0.1) is 5.56 Å². The Labute approximate surface area is 92.0 Å². The molecule has 0 saturated heterocycles. The van der Waals surface area contributed by atoms with Crippen molar-refractivity contribution in [3.8, 4) is 11.5 Å². The topological polar surface area (TPSA) is 49.8 Å². The second-order valence-corrected chi connectivity index (χ2v) is 3.59. The lowest BCUT2D eigenvalue weighted by Crippen LogP contribution is -2.39. The predicted octanol–water partition coefficient (Wildman–Crippen LogP) is 1.42. The summed E-state index contributed by atoms with van der Waals surface area (Å²) in [4.78, 5) is 13.3. The van der Waals surface area contributed by atoms with E-state index in [1.807, 2.05) is 0 Å². The zero-order valence-electron chi connectivity index (χ0n) is 7.94. The molecule has 1 aromatic rings. The standard InChI is InChI=1S/C10H10ClNO3/c11-3-4-12-6-15-9-2-1-7(13)5-8(9)10(12)14/h1-2,5,13H,3-4,6H2. The van der Waals surface area contributed by atoms with Gasteiger partial charge in [-0.3, -0.25) is 4.79 Å². The minimum absolute atomic E-state index is 0.0541. The van der Waals surface area contributed by atoms with Crippen LogP contribution in [-0.2, 0) is 0 Å². The van der Waals surface area contributed by atoms with Gasteiger partial charge >= 0.3 is 0 Å². The highest BCUT2D eigenvalue weighted by molar-refractivity contribution is 6.18. The Kier molecular flexibility index (Phi) is 2.68. The molecule has 4 nitrogen and oxygen atoms in total. The molecule has 0 fully saturated rings. The molecule has 1 aromatic carbocycles. The number of hydrogen-bond donors (Lipinski definition) is 1. The third-order valence-corrected chi connectivity index (χ3v) is 2.38. The van der Waals surface area contributed by atoms with E-state index in [9.17, 15) is 9.90 Å². The van der Waals surface area contributed by atoms with Gasteiger partial charge in [0.1, 0.15) is 11.5 Å². The van der Waals surface area contributed by atoms with Crippen LogP contribution in [0.2, 0.25) is 0 Å². The quantitative estimate of drug-likeness (QED) is 0.778. The first-order valence-electron chi connectivity index (χ1n) is 4.53.